The number of carbonyl (C=O) groups excluding carboxylic acids is 1. The molecule has 1 aliphatic rings. The second kappa shape index (κ2) is 6.02. The third-order valence-corrected chi connectivity index (χ3v) is 4.45. The molecule has 0 bridgehead atoms. The number of para-hydroxylation sites is 1. The average molecular weight is 322 g/mol. The fourth-order valence-electron chi connectivity index (χ4n) is 3.31. The first-order valence-electron chi connectivity index (χ1n) is 7.69. The maximum Gasteiger partial charge on any atom is 0.320 e. The van der Waals surface area contributed by atoms with Gasteiger partial charge in [-0.2, -0.15) is 0 Å². The van der Waals surface area contributed by atoms with E-state index >= 15 is 0 Å². The molecule has 5 heteroatoms. The Hall–Kier alpha value is -2.79. The molecule has 0 saturated heterocycles. The van der Waals surface area contributed by atoms with Crippen LogP contribution in [-0.2, 0) is 10.2 Å². The molecule has 1 aliphatic heterocycles. The first-order chi connectivity index (χ1) is 11.5. The molecule has 3 N–H and O–H groups in total. The number of carboxylic acid groups (broad SMARTS) is 1. The Labute approximate surface area is 139 Å². The van der Waals surface area contributed by atoms with Crippen LogP contribution in [0.3, 0.4) is 0 Å². The number of carboxylic acids is 1. The Bertz CT molecular complexity index is 844. The highest BCUT2D eigenvalue weighted by molar-refractivity contribution is 6.00. The van der Waals surface area contributed by atoms with Crippen molar-refractivity contribution in [1.29, 1.82) is 0 Å². The van der Waals surface area contributed by atoms with E-state index in [-0.39, 0.29) is 12.2 Å². The molecule has 1 unspecified atom stereocenters. The summed E-state index contributed by atoms with van der Waals surface area (Å²) in [5, 5.41) is 9.29. The Kier molecular flexibility index (Phi) is 4.03. The van der Waals surface area contributed by atoms with Gasteiger partial charge in [0.25, 0.3) is 0 Å². The number of hydrogen-bond donors (Lipinski definition) is 2. The number of benzene rings is 2. The van der Waals surface area contributed by atoms with Crippen LogP contribution in [-0.4, -0.2) is 29.1 Å². The molecule has 2 atom stereocenters. The highest BCUT2D eigenvalue weighted by atomic mass is 16.4. The number of Topliss-reactive ketones (excluding diaryl/α,β-unsaturated/α-hetero) is 1. The monoisotopic (exact) mass is 322 g/mol. The molecule has 0 spiro atoms. The van der Waals surface area contributed by atoms with E-state index in [1.807, 2.05) is 36.4 Å². The number of aliphatic imine (C=N–C) groups is 1. The SMILES string of the molecule is CC(=O)c1ccccc1C1(C[C@H](N)C(=O)O)C=Nc2ccccc21. The molecule has 122 valence electrons. The van der Waals surface area contributed by atoms with Crippen molar-refractivity contribution in [2.45, 2.75) is 24.8 Å². The molecule has 3 rings (SSSR count). The van der Waals surface area contributed by atoms with Crippen molar-refractivity contribution in [1.82, 2.24) is 0 Å². The molecular formula is C19H18N2O3. The molecule has 1 heterocycles. The normalized spacial score (nSPS) is 19.8. The van der Waals surface area contributed by atoms with Gasteiger partial charge in [0.05, 0.1) is 11.1 Å². The second-order valence-corrected chi connectivity index (χ2v) is 6.00. The van der Waals surface area contributed by atoms with E-state index in [9.17, 15) is 14.7 Å². The Balaban J connectivity index is 2.25. The van der Waals surface area contributed by atoms with Gasteiger partial charge < -0.3 is 10.8 Å². The molecule has 5 nitrogen and oxygen atoms in total. The Morgan fingerprint density at radius 2 is 1.75 bits per heavy atom. The van der Waals surface area contributed by atoms with Crippen LogP contribution in [0.1, 0.15) is 34.8 Å². The molecule has 0 fully saturated rings. The predicted molar refractivity (Wildman–Crippen MR) is 92.0 cm³/mol. The highest BCUT2D eigenvalue weighted by Gasteiger charge is 2.42. The van der Waals surface area contributed by atoms with E-state index < -0.39 is 17.4 Å². The summed E-state index contributed by atoms with van der Waals surface area (Å²) in [5.74, 6) is -1.15. The van der Waals surface area contributed by atoms with E-state index in [0.29, 0.717) is 5.56 Å². The zero-order chi connectivity index (χ0) is 17.3. The van der Waals surface area contributed by atoms with Gasteiger partial charge in [-0.1, -0.05) is 42.5 Å². The van der Waals surface area contributed by atoms with E-state index in [0.717, 1.165) is 16.8 Å². The van der Waals surface area contributed by atoms with Crippen LogP contribution in [0.25, 0.3) is 0 Å². The van der Waals surface area contributed by atoms with Gasteiger partial charge >= 0.3 is 5.97 Å². The van der Waals surface area contributed by atoms with Crippen molar-refractivity contribution >= 4 is 23.7 Å². The second-order valence-electron chi connectivity index (χ2n) is 6.00. The number of carbonyl (C=O) groups is 2. The summed E-state index contributed by atoms with van der Waals surface area (Å²) < 4.78 is 0. The summed E-state index contributed by atoms with van der Waals surface area (Å²) in [5.41, 5.74) is 7.97. The average Bonchev–Trinajstić information content (AvgIpc) is 2.94. The number of ketones is 1. The molecule has 0 radical (unpaired) electrons. The van der Waals surface area contributed by atoms with Crippen LogP contribution in [0.5, 0.6) is 0 Å². The minimum Gasteiger partial charge on any atom is -0.480 e. The van der Waals surface area contributed by atoms with E-state index in [1.165, 1.54) is 6.92 Å². The largest absolute Gasteiger partial charge is 0.480 e. The number of rotatable bonds is 5. The summed E-state index contributed by atoms with van der Waals surface area (Å²) in [6, 6.07) is 13.7. The summed E-state index contributed by atoms with van der Waals surface area (Å²) >= 11 is 0. The molecule has 2 aromatic carbocycles. The highest BCUT2D eigenvalue weighted by Crippen LogP contribution is 2.45. The van der Waals surface area contributed by atoms with Gasteiger partial charge in [0.15, 0.2) is 5.78 Å². The maximum atomic E-state index is 12.1. The van der Waals surface area contributed by atoms with E-state index in [2.05, 4.69) is 4.99 Å². The summed E-state index contributed by atoms with van der Waals surface area (Å²) in [6.07, 6.45) is 1.86. The zero-order valence-electron chi connectivity index (χ0n) is 13.3. The first kappa shape index (κ1) is 16.1. The molecule has 2 aromatic rings. The number of aliphatic carboxylic acids is 1. The third kappa shape index (κ3) is 2.53. The zero-order valence-corrected chi connectivity index (χ0v) is 13.3. The molecule has 0 saturated carbocycles. The topological polar surface area (TPSA) is 92.8 Å². The quantitative estimate of drug-likeness (QED) is 0.828. The third-order valence-electron chi connectivity index (χ3n) is 4.45. The van der Waals surface area contributed by atoms with Crippen molar-refractivity contribution in [3.63, 3.8) is 0 Å². The Morgan fingerprint density at radius 3 is 2.42 bits per heavy atom. The number of fused-ring (bicyclic) bond motifs is 1. The summed E-state index contributed by atoms with van der Waals surface area (Å²) in [6.45, 7) is 1.50. The van der Waals surface area contributed by atoms with Gasteiger partial charge in [0, 0.05) is 11.8 Å². The van der Waals surface area contributed by atoms with Crippen LogP contribution in [0.2, 0.25) is 0 Å². The van der Waals surface area contributed by atoms with Gasteiger partial charge in [-0.05, 0) is 30.5 Å². The lowest BCUT2D eigenvalue weighted by Crippen LogP contribution is -2.41. The van der Waals surface area contributed by atoms with Crippen LogP contribution in [0.4, 0.5) is 5.69 Å². The van der Waals surface area contributed by atoms with Gasteiger partial charge in [-0.3, -0.25) is 14.6 Å². The predicted octanol–water partition coefficient (Wildman–Crippen LogP) is 2.69. The van der Waals surface area contributed by atoms with E-state index in [1.54, 1.807) is 18.3 Å². The van der Waals surface area contributed by atoms with Gasteiger partial charge in [0.1, 0.15) is 6.04 Å². The van der Waals surface area contributed by atoms with Crippen LogP contribution >= 0.6 is 0 Å². The standard InChI is InChI=1S/C19H18N2O3/c1-12(22)13-6-2-3-7-14(13)19(10-16(20)18(23)24)11-21-17-9-5-4-8-15(17)19/h2-9,11,16H,10,20H2,1H3,(H,23,24)/t16-,19?/m0/s1. The summed E-state index contributed by atoms with van der Waals surface area (Å²) in [4.78, 5) is 27.9. The van der Waals surface area contributed by atoms with Crippen molar-refractivity contribution in [3.8, 4) is 0 Å². The van der Waals surface area contributed by atoms with Crippen LogP contribution < -0.4 is 5.73 Å². The molecular weight excluding hydrogens is 304 g/mol. The maximum absolute atomic E-state index is 12.1. The molecule has 0 amide bonds. The lowest BCUT2D eigenvalue weighted by Gasteiger charge is -2.31. The smallest absolute Gasteiger partial charge is 0.320 e. The lowest BCUT2D eigenvalue weighted by atomic mass is 9.70. The first-order valence-corrected chi connectivity index (χ1v) is 7.69. The fourth-order valence-corrected chi connectivity index (χ4v) is 3.31. The minimum atomic E-state index is -1.08. The van der Waals surface area contributed by atoms with Crippen molar-refractivity contribution in [2.24, 2.45) is 10.7 Å². The van der Waals surface area contributed by atoms with Gasteiger partial charge in [0.2, 0.25) is 0 Å². The molecule has 0 aromatic heterocycles. The molecule has 24 heavy (non-hydrogen) atoms. The van der Waals surface area contributed by atoms with Crippen LogP contribution in [0.15, 0.2) is 53.5 Å². The van der Waals surface area contributed by atoms with Crippen LogP contribution in [0, 0.1) is 0 Å². The number of nitrogens with zero attached hydrogens (tertiary/aromatic N) is 1. The van der Waals surface area contributed by atoms with Crippen molar-refractivity contribution in [3.05, 3.63) is 65.2 Å². The van der Waals surface area contributed by atoms with Crippen molar-refractivity contribution in [2.75, 3.05) is 0 Å². The fraction of sp³-hybridized carbons (Fsp3) is 0.211. The summed E-state index contributed by atoms with van der Waals surface area (Å²) in [7, 11) is 0. The Morgan fingerprint density at radius 1 is 1.12 bits per heavy atom. The molecule has 0 aliphatic carbocycles. The van der Waals surface area contributed by atoms with E-state index in [4.69, 9.17) is 5.73 Å². The minimum absolute atomic E-state index is 0.0772. The lowest BCUT2D eigenvalue weighted by molar-refractivity contribution is -0.138. The van der Waals surface area contributed by atoms with Crippen molar-refractivity contribution < 1.29 is 14.7 Å². The van der Waals surface area contributed by atoms with Gasteiger partial charge in [-0.15, -0.1) is 0 Å². The van der Waals surface area contributed by atoms with Gasteiger partial charge in [-0.25, -0.2) is 0 Å². The number of nitrogens with two attached hydrogens (primary N) is 1. The number of hydrogen-bond acceptors (Lipinski definition) is 4.